The highest BCUT2D eigenvalue weighted by atomic mass is 32.2. The summed E-state index contributed by atoms with van der Waals surface area (Å²) in [6.07, 6.45) is -2.77. The molecule has 36 heavy (non-hydrogen) atoms. The molecule has 0 fully saturated rings. The molecule has 0 radical (unpaired) electrons. The number of sulfonamides is 1. The van der Waals surface area contributed by atoms with Crippen LogP contribution < -0.4 is 20.3 Å². The van der Waals surface area contributed by atoms with Crippen molar-refractivity contribution in [1.82, 2.24) is 15.0 Å². The summed E-state index contributed by atoms with van der Waals surface area (Å²) >= 11 is 0. The average Bonchev–Trinajstić information content (AvgIpc) is 3.16. The van der Waals surface area contributed by atoms with Crippen molar-refractivity contribution in [1.29, 1.82) is 0 Å². The second kappa shape index (κ2) is 9.26. The minimum atomic E-state index is -4.72. The average molecular weight is 522 g/mol. The zero-order valence-corrected chi connectivity index (χ0v) is 20.3. The van der Waals surface area contributed by atoms with Crippen molar-refractivity contribution in [2.75, 3.05) is 33.6 Å². The molecule has 1 aliphatic heterocycles. The minimum Gasteiger partial charge on any atom is -0.364 e. The summed E-state index contributed by atoms with van der Waals surface area (Å²) < 4.78 is 65.6. The summed E-state index contributed by atoms with van der Waals surface area (Å²) in [7, 11) is -2.24. The van der Waals surface area contributed by atoms with Crippen LogP contribution in [0.15, 0.2) is 36.5 Å². The number of halogens is 3. The smallest absolute Gasteiger partial charge is 0.364 e. The van der Waals surface area contributed by atoms with Crippen molar-refractivity contribution in [2.45, 2.75) is 26.1 Å². The lowest BCUT2D eigenvalue weighted by atomic mass is 10.1. The third-order valence-electron chi connectivity index (χ3n) is 5.45. The Bertz CT molecular complexity index is 1450. The molecule has 0 atom stereocenters. The second-order valence-electron chi connectivity index (χ2n) is 8.20. The van der Waals surface area contributed by atoms with E-state index >= 15 is 0 Å². The van der Waals surface area contributed by atoms with Gasteiger partial charge in [0.25, 0.3) is 0 Å². The van der Waals surface area contributed by atoms with Crippen LogP contribution >= 0.6 is 0 Å². The maximum absolute atomic E-state index is 13.6. The van der Waals surface area contributed by atoms with E-state index < -0.39 is 27.6 Å². The van der Waals surface area contributed by atoms with E-state index in [9.17, 15) is 26.4 Å². The summed E-state index contributed by atoms with van der Waals surface area (Å²) in [6, 6.07) is 8.25. The number of hydrogen-bond donors (Lipinski definition) is 3. The number of nitrogens with zero attached hydrogens (tertiary/aromatic N) is 4. The minimum absolute atomic E-state index is 0.0934. The molecular formula is C22H22F3N7O3S. The van der Waals surface area contributed by atoms with Crippen LogP contribution in [0.25, 0.3) is 0 Å². The molecular weight excluding hydrogens is 499 g/mol. The van der Waals surface area contributed by atoms with Gasteiger partial charge in [0.1, 0.15) is 17.2 Å². The molecule has 0 saturated carbocycles. The molecule has 0 unspecified atom stereocenters. The Morgan fingerprint density at radius 1 is 1.17 bits per heavy atom. The number of aryl methyl sites for hydroxylation is 1. The number of alkyl halides is 3. The van der Waals surface area contributed by atoms with Gasteiger partial charge in [0.05, 0.1) is 24.9 Å². The lowest BCUT2D eigenvalue weighted by Crippen LogP contribution is -2.27. The van der Waals surface area contributed by atoms with E-state index in [-0.39, 0.29) is 30.6 Å². The number of anilines is 5. The van der Waals surface area contributed by atoms with E-state index in [0.717, 1.165) is 16.1 Å². The highest BCUT2D eigenvalue weighted by molar-refractivity contribution is 7.92. The third kappa shape index (κ3) is 5.48. The quantitative estimate of drug-likeness (QED) is 0.431. The summed E-state index contributed by atoms with van der Waals surface area (Å²) in [6.45, 7) is 1.52. The van der Waals surface area contributed by atoms with Gasteiger partial charge in [-0.15, -0.1) is 0 Å². The molecule has 1 aromatic carbocycles. The highest BCUT2D eigenvalue weighted by Gasteiger charge is 2.35. The van der Waals surface area contributed by atoms with Crippen LogP contribution in [-0.2, 0) is 34.0 Å². The van der Waals surface area contributed by atoms with Gasteiger partial charge in [0.15, 0.2) is 0 Å². The van der Waals surface area contributed by atoms with Gasteiger partial charge in [-0.1, -0.05) is 12.1 Å². The number of amides is 1. The zero-order valence-electron chi connectivity index (χ0n) is 19.4. The Morgan fingerprint density at radius 3 is 2.61 bits per heavy atom. The first-order valence-corrected chi connectivity index (χ1v) is 12.4. The standard InChI is InChI=1S/C22H22F3N7O3S/c1-12-4-6-15(28-20(12)32(2)36(3,34)35)10-26-19-16(22(23,24)25)11-27-21(31-19)29-14-7-5-13-8-18(33)30-17(13)9-14/h4-7,9,11H,8,10H2,1-3H3,(H,30,33)(H2,26,27,29,31). The van der Waals surface area contributed by atoms with Crippen LogP contribution in [0.1, 0.15) is 22.4 Å². The van der Waals surface area contributed by atoms with Crippen molar-refractivity contribution in [2.24, 2.45) is 0 Å². The lowest BCUT2D eigenvalue weighted by molar-refractivity contribution is -0.137. The molecule has 1 amide bonds. The molecule has 3 N–H and O–H groups in total. The fourth-order valence-electron chi connectivity index (χ4n) is 3.51. The van der Waals surface area contributed by atoms with E-state index in [4.69, 9.17) is 0 Å². The van der Waals surface area contributed by atoms with Crippen molar-refractivity contribution < 1.29 is 26.4 Å². The van der Waals surface area contributed by atoms with E-state index in [1.165, 1.54) is 7.05 Å². The Kier molecular flexibility index (Phi) is 6.47. The third-order valence-corrected chi connectivity index (χ3v) is 6.61. The Morgan fingerprint density at radius 2 is 1.92 bits per heavy atom. The van der Waals surface area contributed by atoms with E-state index in [1.807, 2.05) is 0 Å². The molecule has 190 valence electrons. The van der Waals surface area contributed by atoms with Crippen LogP contribution in [-0.4, -0.2) is 42.6 Å². The number of carbonyl (C=O) groups is 1. The first-order chi connectivity index (χ1) is 16.8. The van der Waals surface area contributed by atoms with Crippen molar-refractivity contribution in [3.8, 4) is 0 Å². The lowest BCUT2D eigenvalue weighted by Gasteiger charge is -2.19. The molecule has 2 aromatic heterocycles. The summed E-state index contributed by atoms with van der Waals surface area (Å²) in [5.41, 5.74) is 1.72. The Labute approximate surface area is 205 Å². The van der Waals surface area contributed by atoms with Crippen LogP contribution in [0.5, 0.6) is 0 Å². The van der Waals surface area contributed by atoms with Gasteiger partial charge >= 0.3 is 6.18 Å². The van der Waals surface area contributed by atoms with Crippen molar-refractivity contribution >= 4 is 44.9 Å². The normalized spacial score (nSPS) is 13.2. The number of rotatable bonds is 7. The first-order valence-electron chi connectivity index (χ1n) is 10.6. The van der Waals surface area contributed by atoms with Gasteiger partial charge in [-0.05, 0) is 36.2 Å². The molecule has 3 heterocycles. The SMILES string of the molecule is Cc1ccc(CNc2nc(Nc3ccc4c(c3)NC(=O)C4)ncc2C(F)(F)F)nc1N(C)S(C)(=O)=O. The molecule has 3 aromatic rings. The van der Waals surface area contributed by atoms with E-state index in [0.29, 0.717) is 28.8 Å². The van der Waals surface area contributed by atoms with Gasteiger partial charge in [-0.2, -0.15) is 18.2 Å². The zero-order chi connectivity index (χ0) is 26.3. The highest BCUT2D eigenvalue weighted by Crippen LogP contribution is 2.35. The molecule has 4 rings (SSSR count). The first kappa shape index (κ1) is 25.2. The fourth-order valence-corrected chi connectivity index (χ4v) is 4.01. The van der Waals surface area contributed by atoms with Gasteiger partial charge in [-0.3, -0.25) is 9.10 Å². The fraction of sp³-hybridized carbons (Fsp3) is 0.273. The van der Waals surface area contributed by atoms with Crippen LogP contribution in [0.3, 0.4) is 0 Å². The van der Waals surface area contributed by atoms with Crippen LogP contribution in [0, 0.1) is 6.92 Å². The van der Waals surface area contributed by atoms with Gasteiger partial charge in [-0.25, -0.2) is 18.4 Å². The van der Waals surface area contributed by atoms with Gasteiger partial charge in [0.2, 0.25) is 21.9 Å². The predicted octanol–water partition coefficient (Wildman–Crippen LogP) is 3.44. The number of pyridine rings is 1. The maximum Gasteiger partial charge on any atom is 0.421 e. The van der Waals surface area contributed by atoms with Crippen molar-refractivity contribution in [3.63, 3.8) is 0 Å². The largest absolute Gasteiger partial charge is 0.421 e. The summed E-state index contributed by atoms with van der Waals surface area (Å²) in [5, 5.41) is 8.18. The second-order valence-corrected chi connectivity index (χ2v) is 10.2. The van der Waals surface area contributed by atoms with Crippen molar-refractivity contribution in [3.05, 3.63) is 58.9 Å². The van der Waals surface area contributed by atoms with Crippen LogP contribution in [0.2, 0.25) is 0 Å². The summed E-state index contributed by atoms with van der Waals surface area (Å²) in [4.78, 5) is 23.6. The predicted molar refractivity (Wildman–Crippen MR) is 129 cm³/mol. The maximum atomic E-state index is 13.6. The monoisotopic (exact) mass is 521 g/mol. The van der Waals surface area contributed by atoms with Gasteiger partial charge in [0, 0.05) is 24.6 Å². The Balaban J connectivity index is 1.59. The van der Waals surface area contributed by atoms with Crippen LogP contribution in [0.4, 0.5) is 42.1 Å². The van der Waals surface area contributed by atoms with E-state index in [2.05, 4.69) is 30.9 Å². The number of hydrogen-bond acceptors (Lipinski definition) is 8. The molecule has 1 aliphatic rings. The molecule has 0 saturated heterocycles. The Hall–Kier alpha value is -3.94. The molecule has 14 heteroatoms. The van der Waals surface area contributed by atoms with E-state index in [1.54, 1.807) is 37.3 Å². The molecule has 0 bridgehead atoms. The number of nitrogens with one attached hydrogen (secondary N) is 3. The van der Waals surface area contributed by atoms with Gasteiger partial charge < -0.3 is 16.0 Å². The summed E-state index contributed by atoms with van der Waals surface area (Å²) in [5.74, 6) is -0.546. The topological polar surface area (TPSA) is 129 Å². The number of fused-ring (bicyclic) bond motifs is 1. The molecule has 0 aliphatic carbocycles. The molecule has 10 nitrogen and oxygen atoms in total. The molecule has 0 spiro atoms. The number of aromatic nitrogens is 3. The number of benzene rings is 1. The number of carbonyl (C=O) groups excluding carboxylic acids is 1.